The van der Waals surface area contributed by atoms with Gasteiger partial charge in [0.15, 0.2) is 0 Å². The smallest absolute Gasteiger partial charge is 0.326 e. The van der Waals surface area contributed by atoms with Crippen LogP contribution in [0.3, 0.4) is 0 Å². The van der Waals surface area contributed by atoms with E-state index >= 15 is 0 Å². The molecule has 1 amide bonds. The van der Waals surface area contributed by atoms with Gasteiger partial charge in [0.25, 0.3) is 11.5 Å². The quantitative estimate of drug-likeness (QED) is 0.707. The monoisotopic (exact) mass is 292 g/mol. The summed E-state index contributed by atoms with van der Waals surface area (Å²) < 4.78 is 0. The van der Waals surface area contributed by atoms with Gasteiger partial charge in [-0.2, -0.15) is 0 Å². The lowest BCUT2D eigenvalue weighted by atomic mass is 10.0. The Kier molecular flexibility index (Phi) is 3.92. The van der Waals surface area contributed by atoms with Crippen molar-refractivity contribution in [2.24, 2.45) is 5.92 Å². The lowest BCUT2D eigenvalue weighted by molar-refractivity contribution is 0.0698. The number of amides is 1. The molecular weight excluding hydrogens is 272 g/mol. The molecule has 0 atom stereocenters. The Morgan fingerprint density at radius 2 is 1.90 bits per heavy atom. The van der Waals surface area contributed by atoms with Crippen LogP contribution in [0.4, 0.5) is 0 Å². The molecule has 0 aromatic carbocycles. The number of piperidine rings is 1. The first-order valence-electron chi connectivity index (χ1n) is 7.48. The highest BCUT2D eigenvalue weighted by molar-refractivity contribution is 5.92. The lowest BCUT2D eigenvalue weighted by Gasteiger charge is -2.32. The van der Waals surface area contributed by atoms with Gasteiger partial charge < -0.3 is 15.2 Å². The van der Waals surface area contributed by atoms with Gasteiger partial charge >= 0.3 is 5.69 Å². The largest absolute Gasteiger partial charge is 0.337 e. The van der Waals surface area contributed by atoms with Crippen LogP contribution in [0, 0.1) is 5.92 Å². The number of nitrogens with one attached hydrogen (secondary N) is 3. The van der Waals surface area contributed by atoms with Crippen LogP contribution in [0.5, 0.6) is 0 Å². The Bertz CT molecular complexity index is 595. The third-order valence-corrected chi connectivity index (χ3v) is 4.17. The van der Waals surface area contributed by atoms with Crippen LogP contribution in [-0.4, -0.2) is 46.5 Å². The van der Waals surface area contributed by atoms with Gasteiger partial charge in [-0.1, -0.05) is 0 Å². The first-order chi connectivity index (χ1) is 10.1. The van der Waals surface area contributed by atoms with Crippen LogP contribution in [0.25, 0.3) is 0 Å². The van der Waals surface area contributed by atoms with E-state index in [1.165, 1.54) is 12.8 Å². The summed E-state index contributed by atoms with van der Waals surface area (Å²) in [5, 5.41) is 3.55. The van der Waals surface area contributed by atoms with Crippen LogP contribution < -0.4 is 16.6 Å². The maximum atomic E-state index is 12.3. The number of carbonyl (C=O) groups excluding carboxylic acids is 1. The van der Waals surface area contributed by atoms with Crippen molar-refractivity contribution >= 4 is 5.91 Å². The number of nitrogens with zero attached hydrogens (tertiary/aromatic N) is 1. The van der Waals surface area contributed by atoms with Gasteiger partial charge in [0, 0.05) is 25.2 Å². The second-order valence-electron chi connectivity index (χ2n) is 5.92. The number of aromatic nitrogens is 2. The Morgan fingerprint density at radius 3 is 2.52 bits per heavy atom. The molecular formula is C14H20N4O3. The molecule has 3 N–H and O–H groups in total. The van der Waals surface area contributed by atoms with Crippen molar-refractivity contribution in [3.63, 3.8) is 0 Å². The maximum Gasteiger partial charge on any atom is 0.326 e. The first-order valence-corrected chi connectivity index (χ1v) is 7.48. The topological polar surface area (TPSA) is 98.1 Å². The zero-order valence-corrected chi connectivity index (χ0v) is 11.9. The van der Waals surface area contributed by atoms with Crippen molar-refractivity contribution in [1.29, 1.82) is 0 Å². The van der Waals surface area contributed by atoms with E-state index in [2.05, 4.69) is 15.3 Å². The summed E-state index contributed by atoms with van der Waals surface area (Å²) in [5.41, 5.74) is -1.14. The highest BCUT2D eigenvalue weighted by Crippen LogP contribution is 2.28. The van der Waals surface area contributed by atoms with Crippen LogP contribution in [0.2, 0.25) is 0 Å². The minimum absolute atomic E-state index is 0.0631. The molecule has 0 spiro atoms. The molecule has 1 saturated heterocycles. The summed E-state index contributed by atoms with van der Waals surface area (Å²) in [6.07, 6.45) is 4.48. The highest BCUT2D eigenvalue weighted by atomic mass is 16.2. The van der Waals surface area contributed by atoms with Gasteiger partial charge in [-0.3, -0.25) is 14.6 Å². The van der Waals surface area contributed by atoms with Crippen molar-refractivity contribution in [1.82, 2.24) is 20.2 Å². The fourth-order valence-corrected chi connectivity index (χ4v) is 2.70. The van der Waals surface area contributed by atoms with E-state index in [1.807, 2.05) is 0 Å². The summed E-state index contributed by atoms with van der Waals surface area (Å²) in [4.78, 5) is 40.9. The minimum Gasteiger partial charge on any atom is -0.337 e. The minimum atomic E-state index is -0.646. The molecule has 21 heavy (non-hydrogen) atoms. The van der Waals surface area contributed by atoms with Gasteiger partial charge in [-0.15, -0.1) is 0 Å². The van der Waals surface area contributed by atoms with Crippen molar-refractivity contribution in [2.75, 3.05) is 19.6 Å². The Balaban J connectivity index is 1.56. The Hall–Kier alpha value is -1.89. The van der Waals surface area contributed by atoms with Gasteiger partial charge in [0.05, 0.1) is 0 Å². The molecule has 2 fully saturated rings. The zero-order chi connectivity index (χ0) is 14.8. The molecule has 2 heterocycles. The van der Waals surface area contributed by atoms with Crippen molar-refractivity contribution in [3.8, 4) is 0 Å². The van der Waals surface area contributed by atoms with Gasteiger partial charge in [-0.25, -0.2) is 4.79 Å². The van der Waals surface area contributed by atoms with Crippen LogP contribution in [0.1, 0.15) is 36.2 Å². The van der Waals surface area contributed by atoms with E-state index in [4.69, 9.17) is 0 Å². The van der Waals surface area contributed by atoms with E-state index in [0.717, 1.165) is 31.4 Å². The van der Waals surface area contributed by atoms with Gasteiger partial charge in [0.1, 0.15) is 5.69 Å². The van der Waals surface area contributed by atoms with Crippen LogP contribution in [0.15, 0.2) is 15.7 Å². The molecule has 7 nitrogen and oxygen atoms in total. The molecule has 0 radical (unpaired) electrons. The van der Waals surface area contributed by atoms with Crippen LogP contribution >= 0.6 is 0 Å². The second-order valence-corrected chi connectivity index (χ2v) is 5.92. The van der Waals surface area contributed by atoms with E-state index < -0.39 is 11.2 Å². The third kappa shape index (κ3) is 3.60. The molecule has 2 aliphatic rings. The number of rotatable bonds is 4. The molecule has 0 bridgehead atoms. The molecule has 1 aliphatic carbocycles. The molecule has 7 heteroatoms. The number of H-pyrrole nitrogens is 2. The maximum absolute atomic E-state index is 12.3. The molecule has 114 valence electrons. The van der Waals surface area contributed by atoms with E-state index in [9.17, 15) is 14.4 Å². The summed E-state index contributed by atoms with van der Waals surface area (Å²) in [6, 6.07) is 1.61. The van der Waals surface area contributed by atoms with Gasteiger partial charge in [0.2, 0.25) is 0 Å². The summed E-state index contributed by atoms with van der Waals surface area (Å²) in [6.45, 7) is 2.38. The van der Waals surface area contributed by atoms with Crippen molar-refractivity contribution < 1.29 is 4.79 Å². The normalized spacial score (nSPS) is 19.7. The standard InChI is InChI=1S/C14H20N4O3/c19-12-7-11(16-14(21)17-12)13(20)18-5-3-10(4-6-18)15-8-9-1-2-9/h7,9-10,15H,1-6,8H2,(H2,16,17,19,21). The predicted molar refractivity (Wildman–Crippen MR) is 77.3 cm³/mol. The number of carbonyl (C=O) groups is 1. The number of likely N-dealkylation sites (tertiary alicyclic amines) is 1. The van der Waals surface area contributed by atoms with Crippen LogP contribution in [-0.2, 0) is 0 Å². The fraction of sp³-hybridized carbons (Fsp3) is 0.643. The average molecular weight is 292 g/mol. The number of hydrogen-bond acceptors (Lipinski definition) is 4. The lowest BCUT2D eigenvalue weighted by Crippen LogP contribution is -2.46. The fourth-order valence-electron chi connectivity index (χ4n) is 2.70. The Morgan fingerprint density at radius 1 is 1.19 bits per heavy atom. The number of hydrogen-bond donors (Lipinski definition) is 3. The van der Waals surface area contributed by atoms with E-state index in [1.54, 1.807) is 4.90 Å². The molecule has 1 aromatic heterocycles. The van der Waals surface area contributed by atoms with Gasteiger partial charge in [-0.05, 0) is 38.1 Å². The second kappa shape index (κ2) is 5.85. The molecule has 1 aromatic rings. The highest BCUT2D eigenvalue weighted by Gasteiger charge is 2.26. The molecule has 0 unspecified atom stereocenters. The average Bonchev–Trinajstić information content (AvgIpc) is 3.28. The SMILES string of the molecule is O=C(c1cc(=O)[nH]c(=O)[nH]1)N1CCC(NCC2CC2)CC1. The molecule has 3 rings (SSSR count). The van der Waals surface area contributed by atoms with E-state index in [-0.39, 0.29) is 11.6 Å². The number of aromatic amines is 2. The first kappa shape index (κ1) is 14.1. The van der Waals surface area contributed by atoms with Crippen molar-refractivity contribution in [2.45, 2.75) is 31.7 Å². The van der Waals surface area contributed by atoms with Crippen molar-refractivity contribution in [3.05, 3.63) is 32.6 Å². The van der Waals surface area contributed by atoms with E-state index in [0.29, 0.717) is 19.1 Å². The summed E-state index contributed by atoms with van der Waals surface area (Å²) >= 11 is 0. The third-order valence-electron chi connectivity index (χ3n) is 4.17. The molecule has 1 aliphatic heterocycles. The Labute approximate surface area is 121 Å². The predicted octanol–water partition coefficient (Wildman–Crippen LogP) is -0.333. The molecule has 1 saturated carbocycles. The zero-order valence-electron chi connectivity index (χ0n) is 11.9. The summed E-state index contributed by atoms with van der Waals surface area (Å²) in [7, 11) is 0. The summed E-state index contributed by atoms with van der Waals surface area (Å²) in [5.74, 6) is 0.574.